The molecule has 1 aromatic rings. The predicted octanol–water partition coefficient (Wildman–Crippen LogP) is 1.88. The fourth-order valence-electron chi connectivity index (χ4n) is 1.44. The van der Waals surface area contributed by atoms with E-state index in [9.17, 15) is 9.59 Å². The molecule has 0 fully saturated rings. The Morgan fingerprint density at radius 2 is 1.95 bits per heavy atom. The molecule has 110 valence electrons. The molecule has 0 saturated carbocycles. The summed E-state index contributed by atoms with van der Waals surface area (Å²) in [6, 6.07) is 0. The van der Waals surface area contributed by atoms with Crippen LogP contribution in [0.1, 0.15) is 34.6 Å². The molecule has 6 nitrogen and oxygen atoms in total. The number of hydrogen-bond acceptors (Lipinski definition) is 5. The van der Waals surface area contributed by atoms with E-state index in [1.54, 1.807) is 6.92 Å². The molecule has 3 N–H and O–H groups in total. The zero-order valence-corrected chi connectivity index (χ0v) is 13.4. The molecule has 8 heteroatoms. The van der Waals surface area contributed by atoms with E-state index >= 15 is 0 Å². The van der Waals surface area contributed by atoms with Crippen LogP contribution in [-0.2, 0) is 9.53 Å². The number of rotatable bonds is 3. The van der Waals surface area contributed by atoms with E-state index in [0.717, 1.165) is 10.4 Å². The van der Waals surface area contributed by atoms with Crippen molar-refractivity contribution < 1.29 is 14.3 Å². The summed E-state index contributed by atoms with van der Waals surface area (Å²) >= 11 is 6.44. The van der Waals surface area contributed by atoms with E-state index in [1.165, 1.54) is 18.3 Å². The molecule has 0 bridgehead atoms. The largest absolute Gasteiger partial charge is 0.462 e. The average molecular weight is 315 g/mol. The third-order valence-corrected chi connectivity index (χ3v) is 3.77. The Morgan fingerprint density at radius 3 is 2.50 bits per heavy atom. The van der Waals surface area contributed by atoms with Crippen molar-refractivity contribution in [2.24, 2.45) is 0 Å². The third-order valence-electron chi connectivity index (χ3n) is 2.44. The maximum atomic E-state index is 12.0. The Hall–Kier alpha value is -1.67. The molecule has 0 atom stereocenters. The van der Waals surface area contributed by atoms with Gasteiger partial charge in [-0.15, -0.1) is 11.3 Å². The van der Waals surface area contributed by atoms with E-state index in [2.05, 4.69) is 16.2 Å². The van der Waals surface area contributed by atoms with Gasteiger partial charge in [-0.3, -0.25) is 15.6 Å². The van der Waals surface area contributed by atoms with Gasteiger partial charge in [0, 0.05) is 11.8 Å². The summed E-state index contributed by atoms with van der Waals surface area (Å²) in [7, 11) is 0. The molecule has 1 amide bonds. The third kappa shape index (κ3) is 4.17. The number of thiophene rings is 1. The molecule has 0 radical (unpaired) electrons. The van der Waals surface area contributed by atoms with Crippen LogP contribution in [0.4, 0.5) is 5.00 Å². The van der Waals surface area contributed by atoms with Gasteiger partial charge in [-0.1, -0.05) is 0 Å². The maximum Gasteiger partial charge on any atom is 0.341 e. The second-order valence-corrected chi connectivity index (χ2v) is 5.60. The van der Waals surface area contributed by atoms with E-state index in [-0.39, 0.29) is 17.0 Å². The van der Waals surface area contributed by atoms with Gasteiger partial charge in [0.25, 0.3) is 0 Å². The molecule has 0 aliphatic heterocycles. The second-order valence-electron chi connectivity index (χ2n) is 3.97. The number of hydrogen-bond donors (Lipinski definition) is 3. The van der Waals surface area contributed by atoms with Gasteiger partial charge in [-0.05, 0) is 38.6 Å². The fraction of sp³-hybridized carbons (Fsp3) is 0.417. The molecule has 1 heterocycles. The SMILES string of the molecule is CCOC(=O)c1c(NC(=S)NNC(C)=O)sc(C)c1C. The first-order valence-electron chi connectivity index (χ1n) is 5.97. The summed E-state index contributed by atoms with van der Waals surface area (Å²) in [6.45, 7) is 7.19. The summed E-state index contributed by atoms with van der Waals surface area (Å²) in [5.74, 6) is -0.655. The predicted molar refractivity (Wildman–Crippen MR) is 82.9 cm³/mol. The Labute approximate surface area is 126 Å². The number of amides is 1. The molecule has 20 heavy (non-hydrogen) atoms. The van der Waals surface area contributed by atoms with Crippen LogP contribution in [0.15, 0.2) is 0 Å². The van der Waals surface area contributed by atoms with Crippen LogP contribution in [0.25, 0.3) is 0 Å². The van der Waals surface area contributed by atoms with Crippen LogP contribution in [0.5, 0.6) is 0 Å². The lowest BCUT2D eigenvalue weighted by atomic mass is 10.1. The monoisotopic (exact) mass is 315 g/mol. The molecule has 1 rings (SSSR count). The second kappa shape index (κ2) is 7.20. The smallest absolute Gasteiger partial charge is 0.341 e. The number of esters is 1. The number of anilines is 1. The minimum Gasteiger partial charge on any atom is -0.462 e. The standard InChI is InChI=1S/C12H17N3O3S2/c1-5-18-11(17)9-6(2)7(3)20-10(9)13-12(19)15-14-8(4)16/h5H2,1-4H3,(H,14,16)(H2,13,15,19). The number of thiocarbonyl (C=S) groups is 1. The van der Waals surface area contributed by atoms with Crippen molar-refractivity contribution in [2.45, 2.75) is 27.7 Å². The summed E-state index contributed by atoms with van der Waals surface area (Å²) in [5, 5.41) is 3.69. The highest BCUT2D eigenvalue weighted by Crippen LogP contribution is 2.32. The lowest BCUT2D eigenvalue weighted by Gasteiger charge is -2.10. The van der Waals surface area contributed by atoms with Crippen LogP contribution in [0.3, 0.4) is 0 Å². The molecule has 0 aliphatic carbocycles. The number of nitrogens with one attached hydrogen (secondary N) is 3. The molecule has 0 aromatic carbocycles. The van der Waals surface area contributed by atoms with Crippen LogP contribution in [0, 0.1) is 13.8 Å². The normalized spacial score (nSPS) is 9.80. The molecule has 0 aliphatic rings. The van der Waals surface area contributed by atoms with Crippen molar-refractivity contribution in [1.29, 1.82) is 0 Å². The topological polar surface area (TPSA) is 79.5 Å². The van der Waals surface area contributed by atoms with Crippen LogP contribution >= 0.6 is 23.6 Å². The fourth-order valence-corrected chi connectivity index (χ4v) is 2.71. The van der Waals surface area contributed by atoms with Gasteiger partial charge in [-0.2, -0.15) is 0 Å². The summed E-state index contributed by atoms with van der Waals surface area (Å²) in [6.07, 6.45) is 0. The van der Waals surface area contributed by atoms with E-state index < -0.39 is 0 Å². The van der Waals surface area contributed by atoms with Crippen molar-refractivity contribution in [3.8, 4) is 0 Å². The lowest BCUT2D eigenvalue weighted by Crippen LogP contribution is -2.42. The molecule has 0 spiro atoms. The summed E-state index contributed by atoms with van der Waals surface area (Å²) in [5.41, 5.74) is 6.22. The first kappa shape index (κ1) is 16.4. The number of aryl methyl sites for hydroxylation is 1. The van der Waals surface area contributed by atoms with Gasteiger partial charge in [0.05, 0.1) is 12.2 Å². The van der Waals surface area contributed by atoms with Crippen LogP contribution < -0.4 is 16.2 Å². The number of hydrazine groups is 1. The Morgan fingerprint density at radius 1 is 1.30 bits per heavy atom. The lowest BCUT2D eigenvalue weighted by molar-refractivity contribution is -0.119. The maximum absolute atomic E-state index is 12.0. The zero-order valence-electron chi connectivity index (χ0n) is 11.7. The van der Waals surface area contributed by atoms with Crippen molar-refractivity contribution >= 4 is 45.5 Å². The van der Waals surface area contributed by atoms with Crippen LogP contribution in [-0.4, -0.2) is 23.6 Å². The molecular weight excluding hydrogens is 298 g/mol. The van der Waals surface area contributed by atoms with E-state index in [1.807, 2.05) is 13.8 Å². The Balaban J connectivity index is 2.89. The highest BCUT2D eigenvalue weighted by Gasteiger charge is 2.21. The number of ether oxygens (including phenoxy) is 1. The van der Waals surface area contributed by atoms with E-state index in [0.29, 0.717) is 17.2 Å². The molecular formula is C12H17N3O3S2. The van der Waals surface area contributed by atoms with Crippen molar-refractivity contribution in [3.63, 3.8) is 0 Å². The quantitative estimate of drug-likeness (QED) is 0.449. The van der Waals surface area contributed by atoms with Gasteiger partial charge >= 0.3 is 5.97 Å². The minimum absolute atomic E-state index is 0.201. The molecule has 0 saturated heterocycles. The van der Waals surface area contributed by atoms with Crippen LogP contribution in [0.2, 0.25) is 0 Å². The highest BCUT2D eigenvalue weighted by molar-refractivity contribution is 7.80. The Bertz CT molecular complexity index is 540. The van der Waals surface area contributed by atoms with Crippen molar-refractivity contribution in [3.05, 3.63) is 16.0 Å². The van der Waals surface area contributed by atoms with Gasteiger partial charge in [0.15, 0.2) is 5.11 Å². The number of carbonyl (C=O) groups is 2. The van der Waals surface area contributed by atoms with Gasteiger partial charge in [-0.25, -0.2) is 4.79 Å². The van der Waals surface area contributed by atoms with Gasteiger partial charge in [0.1, 0.15) is 5.00 Å². The first-order chi connectivity index (χ1) is 9.36. The number of carbonyl (C=O) groups excluding carboxylic acids is 2. The first-order valence-corrected chi connectivity index (χ1v) is 7.20. The Kier molecular flexibility index (Phi) is 5.90. The average Bonchev–Trinajstić information content (AvgIpc) is 2.62. The highest BCUT2D eigenvalue weighted by atomic mass is 32.1. The van der Waals surface area contributed by atoms with Gasteiger partial charge in [0.2, 0.25) is 5.91 Å². The summed E-state index contributed by atoms with van der Waals surface area (Å²) < 4.78 is 5.04. The zero-order chi connectivity index (χ0) is 15.3. The van der Waals surface area contributed by atoms with E-state index in [4.69, 9.17) is 17.0 Å². The van der Waals surface area contributed by atoms with Gasteiger partial charge < -0.3 is 10.1 Å². The summed E-state index contributed by atoms with van der Waals surface area (Å²) in [4.78, 5) is 23.7. The molecule has 0 unspecified atom stereocenters. The molecule has 1 aromatic heterocycles. The van der Waals surface area contributed by atoms with Crippen molar-refractivity contribution in [2.75, 3.05) is 11.9 Å². The van der Waals surface area contributed by atoms with Crippen molar-refractivity contribution in [1.82, 2.24) is 10.9 Å². The minimum atomic E-state index is -0.390.